The molecule has 3 unspecified atom stereocenters. The van der Waals surface area contributed by atoms with Gasteiger partial charge in [0, 0.05) is 5.57 Å². The van der Waals surface area contributed by atoms with Crippen LogP contribution in [0.25, 0.3) is 0 Å². The molecule has 0 saturated carbocycles. The van der Waals surface area contributed by atoms with E-state index >= 15 is 0 Å². The van der Waals surface area contributed by atoms with Crippen LogP contribution >= 0.6 is 0 Å². The van der Waals surface area contributed by atoms with E-state index in [0.29, 0.717) is 18.1 Å². The van der Waals surface area contributed by atoms with E-state index in [1.807, 2.05) is 0 Å². The van der Waals surface area contributed by atoms with Crippen molar-refractivity contribution in [2.24, 2.45) is 17.8 Å². The van der Waals surface area contributed by atoms with Crippen LogP contribution in [0.3, 0.4) is 0 Å². The van der Waals surface area contributed by atoms with Crippen LogP contribution < -0.4 is 0 Å². The van der Waals surface area contributed by atoms with Gasteiger partial charge in [0.25, 0.3) is 0 Å². The van der Waals surface area contributed by atoms with Crippen molar-refractivity contribution in [2.45, 2.75) is 240 Å². The second-order valence-corrected chi connectivity index (χ2v) is 15.7. The van der Waals surface area contributed by atoms with Crippen molar-refractivity contribution in [3.05, 3.63) is 12.2 Å². The maximum absolute atomic E-state index is 12.0. The highest BCUT2D eigenvalue weighted by Crippen LogP contribution is 2.24. The molecule has 46 heavy (non-hydrogen) atoms. The Bertz CT molecular complexity index is 640. The molecular weight excluding hydrogens is 560 g/mol. The molecule has 0 heterocycles. The molecule has 0 aromatic heterocycles. The summed E-state index contributed by atoms with van der Waals surface area (Å²) in [6, 6.07) is 0. The summed E-state index contributed by atoms with van der Waals surface area (Å²) >= 11 is 0. The molecule has 274 valence electrons. The average molecular weight is 647 g/mol. The van der Waals surface area contributed by atoms with Gasteiger partial charge in [0.05, 0.1) is 6.61 Å². The molecule has 0 aromatic rings. The second kappa shape index (κ2) is 35.5. The zero-order valence-electron chi connectivity index (χ0n) is 32.6. The Labute approximate surface area is 291 Å². The van der Waals surface area contributed by atoms with E-state index in [9.17, 15) is 4.79 Å². The Morgan fingerprint density at radius 3 is 1.04 bits per heavy atom. The largest absolute Gasteiger partial charge is 0.462 e. The lowest BCUT2D eigenvalue weighted by Crippen LogP contribution is -2.15. The van der Waals surface area contributed by atoms with Gasteiger partial charge in [-0.05, 0) is 37.5 Å². The predicted molar refractivity (Wildman–Crippen MR) is 207 cm³/mol. The van der Waals surface area contributed by atoms with Crippen molar-refractivity contribution < 1.29 is 9.53 Å². The smallest absolute Gasteiger partial charge is 0.333 e. The van der Waals surface area contributed by atoms with Crippen molar-refractivity contribution in [1.82, 2.24) is 0 Å². The SMILES string of the molecule is C=C(C)C(=O)OCC(CCCCCCC(C)CCCCCCCCCCCC)CCCCC(C)CCCCCCCCCCCC. The van der Waals surface area contributed by atoms with Crippen molar-refractivity contribution >= 4 is 5.97 Å². The third kappa shape index (κ3) is 33.1. The Hall–Kier alpha value is -0.790. The number of hydrogen-bond acceptors (Lipinski definition) is 2. The van der Waals surface area contributed by atoms with E-state index in [1.54, 1.807) is 6.92 Å². The van der Waals surface area contributed by atoms with Gasteiger partial charge in [-0.25, -0.2) is 4.79 Å². The quantitative estimate of drug-likeness (QED) is 0.0381. The topological polar surface area (TPSA) is 26.3 Å². The van der Waals surface area contributed by atoms with Gasteiger partial charge in [-0.15, -0.1) is 0 Å². The van der Waals surface area contributed by atoms with Crippen LogP contribution in [0, 0.1) is 17.8 Å². The molecule has 2 nitrogen and oxygen atoms in total. The van der Waals surface area contributed by atoms with Crippen LogP contribution in [0.15, 0.2) is 12.2 Å². The van der Waals surface area contributed by atoms with Crippen LogP contribution in [0.2, 0.25) is 0 Å². The number of hydrogen-bond donors (Lipinski definition) is 0. The Kier molecular flexibility index (Phi) is 34.9. The molecule has 0 fully saturated rings. The minimum absolute atomic E-state index is 0.216. The maximum Gasteiger partial charge on any atom is 0.333 e. The highest BCUT2D eigenvalue weighted by molar-refractivity contribution is 5.86. The summed E-state index contributed by atoms with van der Waals surface area (Å²) in [5, 5.41) is 0. The van der Waals surface area contributed by atoms with E-state index in [1.165, 1.54) is 205 Å². The summed E-state index contributed by atoms with van der Waals surface area (Å²) in [6.45, 7) is 15.6. The standard InChI is InChI=1S/C44H86O2/c1-7-9-11-13-15-17-19-21-23-27-33-41(5)35-29-25-26-30-37-43(39-46-44(45)40(3)4)38-32-31-36-42(6)34-28-24-22-20-18-16-14-12-10-8-2/h41-43H,3,7-39H2,1-2,4-6H3. The van der Waals surface area contributed by atoms with E-state index in [2.05, 4.69) is 34.3 Å². The average Bonchev–Trinajstić information content (AvgIpc) is 3.04. The summed E-state index contributed by atoms with van der Waals surface area (Å²) < 4.78 is 5.62. The highest BCUT2D eigenvalue weighted by atomic mass is 16.5. The Morgan fingerprint density at radius 2 is 0.717 bits per heavy atom. The molecule has 0 spiro atoms. The van der Waals surface area contributed by atoms with Gasteiger partial charge in [-0.1, -0.05) is 227 Å². The van der Waals surface area contributed by atoms with Crippen molar-refractivity contribution in [3.8, 4) is 0 Å². The molecule has 0 rings (SSSR count). The van der Waals surface area contributed by atoms with Gasteiger partial charge < -0.3 is 4.74 Å². The molecule has 0 aromatic carbocycles. The molecular formula is C44H86O2. The monoisotopic (exact) mass is 647 g/mol. The summed E-state index contributed by atoms with van der Waals surface area (Å²) in [7, 11) is 0. The maximum atomic E-state index is 12.0. The minimum Gasteiger partial charge on any atom is -0.462 e. The molecule has 0 aliphatic heterocycles. The lowest BCUT2D eigenvalue weighted by Gasteiger charge is -2.18. The summed E-state index contributed by atoms with van der Waals surface area (Å²) in [5.74, 6) is 2.03. The fraction of sp³-hybridized carbons (Fsp3) is 0.932. The van der Waals surface area contributed by atoms with E-state index in [0.717, 1.165) is 11.8 Å². The fourth-order valence-electron chi connectivity index (χ4n) is 7.08. The number of unbranched alkanes of at least 4 members (excludes halogenated alkanes) is 22. The van der Waals surface area contributed by atoms with Gasteiger partial charge in [0.1, 0.15) is 0 Å². The van der Waals surface area contributed by atoms with Crippen LogP contribution in [-0.2, 0) is 9.53 Å². The molecule has 0 amide bonds. The number of rotatable bonds is 37. The summed E-state index contributed by atoms with van der Waals surface area (Å²) in [4.78, 5) is 12.0. The normalized spacial score (nSPS) is 13.5. The molecule has 0 radical (unpaired) electrons. The van der Waals surface area contributed by atoms with Gasteiger partial charge >= 0.3 is 5.97 Å². The van der Waals surface area contributed by atoms with E-state index in [4.69, 9.17) is 4.74 Å². The molecule has 0 aliphatic carbocycles. The van der Waals surface area contributed by atoms with Gasteiger partial charge in [-0.3, -0.25) is 0 Å². The molecule has 0 saturated heterocycles. The minimum atomic E-state index is -0.216. The molecule has 2 heteroatoms. The molecule has 0 bridgehead atoms. The first-order valence-corrected chi connectivity index (χ1v) is 21.2. The predicted octanol–water partition coefficient (Wildman–Crippen LogP) is 15.5. The van der Waals surface area contributed by atoms with Crippen molar-refractivity contribution in [1.29, 1.82) is 0 Å². The Balaban J connectivity index is 3.93. The van der Waals surface area contributed by atoms with Crippen LogP contribution in [0.1, 0.15) is 240 Å². The number of esters is 1. The highest BCUT2D eigenvalue weighted by Gasteiger charge is 2.13. The van der Waals surface area contributed by atoms with E-state index < -0.39 is 0 Å². The third-order valence-electron chi connectivity index (χ3n) is 10.5. The molecule has 0 N–H and O–H groups in total. The zero-order chi connectivity index (χ0) is 33.9. The van der Waals surface area contributed by atoms with Gasteiger partial charge in [0.2, 0.25) is 0 Å². The first kappa shape index (κ1) is 45.2. The van der Waals surface area contributed by atoms with Crippen molar-refractivity contribution in [2.75, 3.05) is 6.61 Å². The number of carbonyl (C=O) groups excluding carboxylic acids is 1. The molecule has 3 atom stereocenters. The fourth-order valence-corrected chi connectivity index (χ4v) is 7.08. The first-order valence-electron chi connectivity index (χ1n) is 21.2. The van der Waals surface area contributed by atoms with Gasteiger partial charge in [0.15, 0.2) is 0 Å². The zero-order valence-corrected chi connectivity index (χ0v) is 32.6. The van der Waals surface area contributed by atoms with Gasteiger partial charge in [-0.2, -0.15) is 0 Å². The van der Waals surface area contributed by atoms with E-state index in [-0.39, 0.29) is 5.97 Å². The Morgan fingerprint density at radius 1 is 0.457 bits per heavy atom. The third-order valence-corrected chi connectivity index (χ3v) is 10.5. The number of ether oxygens (including phenoxy) is 1. The lowest BCUT2D eigenvalue weighted by atomic mass is 9.92. The van der Waals surface area contributed by atoms with Crippen LogP contribution in [0.5, 0.6) is 0 Å². The number of carbonyl (C=O) groups is 1. The second-order valence-electron chi connectivity index (χ2n) is 15.7. The summed E-state index contributed by atoms with van der Waals surface area (Å²) in [6.07, 6.45) is 44.5. The van der Waals surface area contributed by atoms with Crippen molar-refractivity contribution in [3.63, 3.8) is 0 Å². The van der Waals surface area contributed by atoms with Crippen LogP contribution in [0.4, 0.5) is 0 Å². The lowest BCUT2D eigenvalue weighted by molar-refractivity contribution is -0.140. The first-order chi connectivity index (χ1) is 22.4. The van der Waals surface area contributed by atoms with Crippen LogP contribution in [-0.4, -0.2) is 12.6 Å². The molecule has 0 aliphatic rings. The summed E-state index contributed by atoms with van der Waals surface area (Å²) in [5.41, 5.74) is 0.520.